The largest absolute Gasteiger partial charge is 0.380 e. The van der Waals surface area contributed by atoms with Crippen molar-refractivity contribution >= 4 is 0 Å². The van der Waals surface area contributed by atoms with Crippen molar-refractivity contribution in [3.8, 4) is 0 Å². The van der Waals surface area contributed by atoms with Gasteiger partial charge in [0.15, 0.2) is 0 Å². The van der Waals surface area contributed by atoms with E-state index in [2.05, 4.69) is 24.4 Å². The van der Waals surface area contributed by atoms with Crippen LogP contribution in [0.4, 0.5) is 0 Å². The van der Waals surface area contributed by atoms with Crippen molar-refractivity contribution in [3.63, 3.8) is 0 Å². The fraction of sp³-hybridized carbons (Fsp3) is 0.875. The Balaban J connectivity index is 1.44. The summed E-state index contributed by atoms with van der Waals surface area (Å²) in [6.07, 6.45) is 12.8. The Morgan fingerprint density at radius 1 is 1.17 bits per heavy atom. The summed E-state index contributed by atoms with van der Waals surface area (Å²) >= 11 is 0. The molecule has 0 aliphatic heterocycles. The minimum absolute atomic E-state index is 0.741. The van der Waals surface area contributed by atoms with Crippen LogP contribution in [-0.4, -0.2) is 26.3 Å². The van der Waals surface area contributed by atoms with E-state index in [4.69, 9.17) is 4.74 Å². The van der Waals surface area contributed by atoms with Crippen LogP contribution in [0.3, 0.4) is 0 Å². The second-order valence-corrected chi connectivity index (χ2v) is 6.11. The summed E-state index contributed by atoms with van der Waals surface area (Å²) in [5, 5.41) is 3.54. The number of allylic oxidation sites excluding steroid dienone is 2. The number of hydrogen-bond donors (Lipinski definition) is 1. The number of nitrogens with one attached hydrogen (secondary N) is 1. The van der Waals surface area contributed by atoms with Gasteiger partial charge in [-0.3, -0.25) is 0 Å². The molecule has 2 nitrogen and oxygen atoms in total. The van der Waals surface area contributed by atoms with Gasteiger partial charge in [0, 0.05) is 6.54 Å². The first kappa shape index (κ1) is 14.1. The Kier molecular flexibility index (Phi) is 6.22. The number of hydrogen-bond acceptors (Lipinski definition) is 2. The van der Waals surface area contributed by atoms with Gasteiger partial charge in [-0.15, -0.1) is 0 Å². The van der Waals surface area contributed by atoms with E-state index in [0.717, 1.165) is 37.5 Å². The molecule has 0 spiro atoms. The van der Waals surface area contributed by atoms with Crippen molar-refractivity contribution in [1.82, 2.24) is 5.32 Å². The lowest BCUT2D eigenvalue weighted by Gasteiger charge is -2.25. The molecule has 0 saturated heterocycles. The van der Waals surface area contributed by atoms with Gasteiger partial charge >= 0.3 is 0 Å². The Labute approximate surface area is 112 Å². The van der Waals surface area contributed by atoms with E-state index < -0.39 is 0 Å². The van der Waals surface area contributed by atoms with E-state index in [1.54, 1.807) is 0 Å². The van der Waals surface area contributed by atoms with E-state index >= 15 is 0 Å². The van der Waals surface area contributed by atoms with Crippen molar-refractivity contribution in [2.45, 2.75) is 45.4 Å². The van der Waals surface area contributed by atoms with Crippen LogP contribution < -0.4 is 5.32 Å². The van der Waals surface area contributed by atoms with Crippen LogP contribution in [-0.2, 0) is 4.74 Å². The normalized spacial score (nSPS) is 28.9. The molecule has 18 heavy (non-hydrogen) atoms. The maximum Gasteiger partial charge on any atom is 0.0591 e. The van der Waals surface area contributed by atoms with Crippen LogP contribution in [0.25, 0.3) is 0 Å². The van der Waals surface area contributed by atoms with E-state index in [1.807, 2.05) is 0 Å². The van der Waals surface area contributed by atoms with Gasteiger partial charge in [0.2, 0.25) is 0 Å². The van der Waals surface area contributed by atoms with Crippen LogP contribution >= 0.6 is 0 Å². The maximum absolute atomic E-state index is 5.81. The Morgan fingerprint density at radius 2 is 1.94 bits per heavy atom. The third-order valence-electron chi connectivity index (χ3n) is 4.58. The van der Waals surface area contributed by atoms with E-state index in [-0.39, 0.29) is 0 Å². The molecule has 2 unspecified atom stereocenters. The van der Waals surface area contributed by atoms with Crippen LogP contribution in [0.1, 0.15) is 45.4 Å². The summed E-state index contributed by atoms with van der Waals surface area (Å²) < 4.78 is 5.81. The predicted octanol–water partition coefficient (Wildman–Crippen LogP) is 3.39. The molecule has 2 aliphatic rings. The van der Waals surface area contributed by atoms with Gasteiger partial charge in [-0.1, -0.05) is 31.9 Å². The van der Waals surface area contributed by atoms with Gasteiger partial charge < -0.3 is 10.1 Å². The van der Waals surface area contributed by atoms with Gasteiger partial charge in [-0.25, -0.2) is 0 Å². The highest BCUT2D eigenvalue weighted by Gasteiger charge is 2.18. The molecular formula is C16H29NO. The Hall–Kier alpha value is -0.340. The molecule has 0 aromatic carbocycles. The summed E-state index contributed by atoms with van der Waals surface area (Å²) in [4.78, 5) is 0. The summed E-state index contributed by atoms with van der Waals surface area (Å²) in [7, 11) is 0. The molecule has 2 aliphatic carbocycles. The summed E-state index contributed by atoms with van der Waals surface area (Å²) in [6, 6.07) is 0. The zero-order valence-electron chi connectivity index (χ0n) is 11.9. The Morgan fingerprint density at radius 3 is 2.72 bits per heavy atom. The molecule has 104 valence electrons. The van der Waals surface area contributed by atoms with Crippen molar-refractivity contribution < 1.29 is 4.74 Å². The highest BCUT2D eigenvalue weighted by molar-refractivity contribution is 4.93. The molecule has 2 atom stereocenters. The predicted molar refractivity (Wildman–Crippen MR) is 76.7 cm³/mol. The fourth-order valence-electron chi connectivity index (χ4n) is 3.14. The summed E-state index contributed by atoms with van der Waals surface area (Å²) in [5.74, 6) is 2.47. The van der Waals surface area contributed by atoms with Crippen LogP contribution in [0, 0.1) is 17.8 Å². The average molecular weight is 251 g/mol. The van der Waals surface area contributed by atoms with E-state index in [0.29, 0.717) is 0 Å². The summed E-state index contributed by atoms with van der Waals surface area (Å²) in [5.41, 5.74) is 0. The minimum atomic E-state index is 0.741. The molecule has 1 saturated carbocycles. The lowest BCUT2D eigenvalue weighted by molar-refractivity contribution is 0.0805. The van der Waals surface area contributed by atoms with E-state index in [1.165, 1.54) is 45.1 Å². The van der Waals surface area contributed by atoms with Crippen LogP contribution in [0.2, 0.25) is 0 Å². The molecule has 1 fully saturated rings. The molecule has 0 radical (unpaired) electrons. The molecule has 0 aromatic rings. The van der Waals surface area contributed by atoms with Crippen molar-refractivity contribution in [3.05, 3.63) is 12.2 Å². The number of ether oxygens (including phenoxy) is 1. The quantitative estimate of drug-likeness (QED) is 0.553. The molecule has 0 bridgehead atoms. The Bertz CT molecular complexity index is 245. The lowest BCUT2D eigenvalue weighted by Crippen LogP contribution is -2.27. The molecule has 0 aromatic heterocycles. The highest BCUT2D eigenvalue weighted by Crippen LogP contribution is 2.25. The van der Waals surface area contributed by atoms with Gasteiger partial charge in [0.25, 0.3) is 0 Å². The molecule has 2 heteroatoms. The minimum Gasteiger partial charge on any atom is -0.380 e. The standard InChI is InChI=1S/C16H29NO/c1-14-6-2-5-9-16(14)13-18-11-10-17-12-15-7-3-4-8-15/h2,5,14-17H,3-4,6-13H2,1H3. The number of rotatable bonds is 7. The first-order valence-electron chi connectivity index (χ1n) is 7.79. The summed E-state index contributed by atoms with van der Waals surface area (Å²) in [6.45, 7) is 6.38. The third-order valence-corrected chi connectivity index (χ3v) is 4.58. The zero-order chi connectivity index (χ0) is 12.6. The van der Waals surface area contributed by atoms with Crippen molar-refractivity contribution in [1.29, 1.82) is 0 Å². The second-order valence-electron chi connectivity index (χ2n) is 6.11. The van der Waals surface area contributed by atoms with Crippen LogP contribution in [0.15, 0.2) is 12.2 Å². The molecule has 2 rings (SSSR count). The first-order valence-corrected chi connectivity index (χ1v) is 7.79. The zero-order valence-corrected chi connectivity index (χ0v) is 11.9. The first-order chi connectivity index (χ1) is 8.86. The SMILES string of the molecule is CC1CC=CCC1COCCNCC1CCCC1. The highest BCUT2D eigenvalue weighted by atomic mass is 16.5. The molecular weight excluding hydrogens is 222 g/mol. The monoisotopic (exact) mass is 251 g/mol. The van der Waals surface area contributed by atoms with Gasteiger partial charge in [0.1, 0.15) is 0 Å². The van der Waals surface area contributed by atoms with Gasteiger partial charge in [-0.2, -0.15) is 0 Å². The topological polar surface area (TPSA) is 21.3 Å². The van der Waals surface area contributed by atoms with Gasteiger partial charge in [0.05, 0.1) is 13.2 Å². The average Bonchev–Trinajstić information content (AvgIpc) is 2.89. The smallest absolute Gasteiger partial charge is 0.0591 e. The molecule has 0 heterocycles. The molecule has 0 amide bonds. The van der Waals surface area contributed by atoms with Crippen molar-refractivity contribution in [2.75, 3.05) is 26.3 Å². The molecule has 1 N–H and O–H groups in total. The third kappa shape index (κ3) is 4.74. The second kappa shape index (κ2) is 7.96. The van der Waals surface area contributed by atoms with Crippen molar-refractivity contribution in [2.24, 2.45) is 17.8 Å². The lowest BCUT2D eigenvalue weighted by atomic mass is 9.85. The van der Waals surface area contributed by atoms with Crippen LogP contribution in [0.5, 0.6) is 0 Å². The van der Waals surface area contributed by atoms with Gasteiger partial charge in [-0.05, 0) is 50.0 Å². The maximum atomic E-state index is 5.81. The fourth-order valence-corrected chi connectivity index (χ4v) is 3.14. The van der Waals surface area contributed by atoms with E-state index in [9.17, 15) is 0 Å².